The molecule has 1 aromatic heterocycles. The van der Waals surface area contributed by atoms with Gasteiger partial charge in [-0.15, -0.1) is 11.3 Å². The summed E-state index contributed by atoms with van der Waals surface area (Å²) in [5.41, 5.74) is 1.53. The number of carbonyl (C=O) groups excluding carboxylic acids is 3. The zero-order chi connectivity index (χ0) is 29.6. The topological polar surface area (TPSA) is 121 Å². The second-order valence-electron chi connectivity index (χ2n) is 8.59. The minimum atomic E-state index is -1.06. The highest BCUT2D eigenvalue weighted by molar-refractivity contribution is 7.09. The zero-order valence-corrected chi connectivity index (χ0v) is 23.1. The van der Waals surface area contributed by atoms with Crippen molar-refractivity contribution in [1.29, 1.82) is 5.26 Å². The van der Waals surface area contributed by atoms with Crippen LogP contribution in [0.25, 0.3) is 6.08 Å². The minimum absolute atomic E-state index is 0.0318. The Bertz CT molecular complexity index is 1560. The van der Waals surface area contributed by atoms with E-state index in [0.29, 0.717) is 12.0 Å². The molecule has 0 unspecified atom stereocenters. The molecule has 10 heteroatoms. The predicted octanol–water partition coefficient (Wildman–Crippen LogP) is 6.87. The van der Waals surface area contributed by atoms with Crippen molar-refractivity contribution in [1.82, 2.24) is 0 Å². The molecular weight excluding hydrogens is 558 g/mol. The average Bonchev–Trinajstić information content (AvgIpc) is 3.53. The van der Waals surface area contributed by atoms with E-state index in [0.717, 1.165) is 16.0 Å². The summed E-state index contributed by atoms with van der Waals surface area (Å²) in [6, 6.07) is 27.8. The molecule has 0 aliphatic heterocycles. The van der Waals surface area contributed by atoms with Crippen molar-refractivity contribution in [3.8, 4) is 17.6 Å². The van der Waals surface area contributed by atoms with Crippen molar-refractivity contribution in [3.63, 3.8) is 0 Å². The van der Waals surface area contributed by atoms with Crippen molar-refractivity contribution in [2.45, 2.75) is 19.6 Å². The molecule has 0 saturated heterocycles. The van der Waals surface area contributed by atoms with Gasteiger partial charge in [0.1, 0.15) is 24.9 Å². The van der Waals surface area contributed by atoms with E-state index in [1.54, 1.807) is 48.5 Å². The van der Waals surface area contributed by atoms with Gasteiger partial charge in [-0.25, -0.2) is 14.4 Å². The van der Waals surface area contributed by atoms with Gasteiger partial charge in [-0.3, -0.25) is 0 Å². The molecule has 0 spiro atoms. The fourth-order valence-electron chi connectivity index (χ4n) is 3.53. The van der Waals surface area contributed by atoms with Crippen molar-refractivity contribution < 1.29 is 38.1 Å². The molecule has 0 aliphatic carbocycles. The summed E-state index contributed by atoms with van der Waals surface area (Å²) in [6.45, 7) is 0.0260. The molecule has 0 atom stereocenters. The highest BCUT2D eigenvalue weighted by Gasteiger charge is 2.18. The third-order valence-electron chi connectivity index (χ3n) is 5.57. The van der Waals surface area contributed by atoms with Crippen LogP contribution >= 0.6 is 11.3 Å². The van der Waals surface area contributed by atoms with E-state index in [1.165, 1.54) is 35.6 Å². The average molecular weight is 584 g/mol. The number of hydrogen-bond donors (Lipinski definition) is 0. The summed E-state index contributed by atoms with van der Waals surface area (Å²) in [5, 5.41) is 11.5. The first kappa shape index (κ1) is 29.6. The van der Waals surface area contributed by atoms with Crippen molar-refractivity contribution in [2.75, 3.05) is 6.61 Å². The molecule has 1 heterocycles. The number of hydrogen-bond acceptors (Lipinski definition) is 10. The van der Waals surface area contributed by atoms with Crippen LogP contribution in [0, 0.1) is 11.3 Å². The van der Waals surface area contributed by atoms with Crippen LogP contribution in [0.4, 0.5) is 9.59 Å². The molecule has 0 N–H and O–H groups in total. The van der Waals surface area contributed by atoms with Crippen LogP contribution in [0.1, 0.15) is 21.6 Å². The third kappa shape index (κ3) is 9.36. The van der Waals surface area contributed by atoms with Crippen LogP contribution in [0.3, 0.4) is 0 Å². The second-order valence-corrected chi connectivity index (χ2v) is 9.63. The lowest BCUT2D eigenvalue weighted by atomic mass is 10.1. The highest BCUT2D eigenvalue weighted by Crippen LogP contribution is 2.30. The first-order valence-corrected chi connectivity index (χ1v) is 13.6. The maximum absolute atomic E-state index is 12.5. The summed E-state index contributed by atoms with van der Waals surface area (Å²) in [4.78, 5) is 38.4. The molecule has 4 rings (SSSR count). The Morgan fingerprint density at radius 3 is 1.93 bits per heavy atom. The lowest BCUT2D eigenvalue weighted by Gasteiger charge is -2.12. The van der Waals surface area contributed by atoms with Gasteiger partial charge >= 0.3 is 18.3 Å². The van der Waals surface area contributed by atoms with E-state index in [4.69, 9.17) is 23.7 Å². The van der Waals surface area contributed by atoms with E-state index in [-0.39, 0.29) is 36.9 Å². The quantitative estimate of drug-likeness (QED) is 0.0612. The molecule has 3 aromatic carbocycles. The number of ether oxygens (including phenoxy) is 5. The Morgan fingerprint density at radius 1 is 0.738 bits per heavy atom. The largest absolute Gasteiger partial charge is 0.514 e. The summed E-state index contributed by atoms with van der Waals surface area (Å²) in [7, 11) is 0. The van der Waals surface area contributed by atoms with Gasteiger partial charge in [0.25, 0.3) is 0 Å². The molecule has 0 amide bonds. The second kappa shape index (κ2) is 15.4. The first-order valence-electron chi connectivity index (χ1n) is 12.7. The number of carbonyl (C=O) groups is 3. The van der Waals surface area contributed by atoms with Crippen LogP contribution in [-0.2, 0) is 38.6 Å². The number of rotatable bonds is 11. The van der Waals surface area contributed by atoms with Crippen LogP contribution in [0.15, 0.2) is 102 Å². The Hall–Kier alpha value is -5.40. The van der Waals surface area contributed by atoms with Crippen molar-refractivity contribution >= 4 is 35.7 Å². The molecule has 4 aromatic rings. The predicted molar refractivity (Wildman–Crippen MR) is 154 cm³/mol. The lowest BCUT2D eigenvalue weighted by molar-refractivity contribution is -0.138. The maximum atomic E-state index is 12.5. The van der Waals surface area contributed by atoms with Gasteiger partial charge in [0.15, 0.2) is 11.5 Å². The number of nitriles is 1. The minimum Gasteiger partial charge on any atom is -0.461 e. The van der Waals surface area contributed by atoms with Crippen molar-refractivity contribution in [3.05, 3.63) is 124 Å². The van der Waals surface area contributed by atoms with Gasteiger partial charge in [0.05, 0.1) is 6.61 Å². The summed E-state index contributed by atoms with van der Waals surface area (Å²) in [6.07, 6.45) is -0.294. The summed E-state index contributed by atoms with van der Waals surface area (Å²) < 4.78 is 26.2. The van der Waals surface area contributed by atoms with E-state index in [2.05, 4.69) is 0 Å². The molecule has 212 valence electrons. The smallest absolute Gasteiger partial charge is 0.461 e. The zero-order valence-electron chi connectivity index (χ0n) is 22.3. The Labute approximate surface area is 246 Å². The fourth-order valence-corrected chi connectivity index (χ4v) is 4.22. The molecule has 0 fully saturated rings. The first-order chi connectivity index (χ1) is 20.5. The van der Waals surface area contributed by atoms with E-state index in [9.17, 15) is 19.6 Å². The third-order valence-corrected chi connectivity index (χ3v) is 6.50. The number of thiophene rings is 1. The Balaban J connectivity index is 1.46. The van der Waals surface area contributed by atoms with E-state index >= 15 is 0 Å². The standard InChI is InChI=1S/C32H25NO8S/c33-20-26(30(34)37-16-15-27-12-7-17-42-27)18-25-13-14-28(40-31(35)38-21-23-8-3-1-4-9-23)29(19-25)41-32(36)39-22-24-10-5-2-6-11-24/h1-14,17-19H,15-16,21-22H2/b26-18+. The van der Waals surface area contributed by atoms with E-state index < -0.39 is 18.3 Å². The number of benzene rings is 3. The monoisotopic (exact) mass is 583 g/mol. The summed E-state index contributed by atoms with van der Waals surface area (Å²) >= 11 is 1.54. The lowest BCUT2D eigenvalue weighted by Crippen LogP contribution is -2.14. The number of nitrogens with zero attached hydrogens (tertiary/aromatic N) is 1. The van der Waals surface area contributed by atoms with Gasteiger partial charge < -0.3 is 23.7 Å². The Morgan fingerprint density at radius 2 is 1.36 bits per heavy atom. The van der Waals surface area contributed by atoms with Crippen LogP contribution in [0.2, 0.25) is 0 Å². The normalized spacial score (nSPS) is 10.7. The van der Waals surface area contributed by atoms with Gasteiger partial charge in [-0.2, -0.15) is 5.26 Å². The summed E-state index contributed by atoms with van der Waals surface area (Å²) in [5.74, 6) is -1.13. The molecule has 0 saturated carbocycles. The Kier molecular flexibility index (Phi) is 10.8. The number of esters is 1. The van der Waals surface area contributed by atoms with Crippen LogP contribution in [0.5, 0.6) is 11.5 Å². The molecule has 0 radical (unpaired) electrons. The molecule has 0 aliphatic rings. The van der Waals surface area contributed by atoms with Gasteiger partial charge in [-0.05, 0) is 46.3 Å². The van der Waals surface area contributed by atoms with Crippen LogP contribution < -0.4 is 9.47 Å². The maximum Gasteiger partial charge on any atom is 0.514 e. The van der Waals surface area contributed by atoms with Crippen molar-refractivity contribution in [2.24, 2.45) is 0 Å². The molecular formula is C32H25NO8S. The van der Waals surface area contributed by atoms with Gasteiger partial charge in [0.2, 0.25) is 0 Å². The van der Waals surface area contributed by atoms with E-state index in [1.807, 2.05) is 35.7 Å². The molecule has 42 heavy (non-hydrogen) atoms. The fraction of sp³-hybridized carbons (Fsp3) is 0.125. The molecule has 9 nitrogen and oxygen atoms in total. The molecule has 0 bridgehead atoms. The van der Waals surface area contributed by atoms with Gasteiger partial charge in [0, 0.05) is 11.3 Å². The van der Waals surface area contributed by atoms with Crippen LogP contribution in [-0.4, -0.2) is 24.9 Å². The SMILES string of the molecule is N#C/C(=C\c1ccc(OC(=O)OCc2ccccc2)c(OC(=O)OCc2ccccc2)c1)C(=O)OCCc1cccs1. The van der Waals surface area contributed by atoms with Gasteiger partial charge in [-0.1, -0.05) is 72.8 Å². The highest BCUT2D eigenvalue weighted by atomic mass is 32.1.